The van der Waals surface area contributed by atoms with Crippen LogP contribution in [-0.4, -0.2) is 61.6 Å². The molecule has 7 heteroatoms. The highest BCUT2D eigenvalue weighted by molar-refractivity contribution is 6.11. The van der Waals surface area contributed by atoms with Crippen LogP contribution in [0.4, 0.5) is 0 Å². The number of ether oxygens (including phenoxy) is 1. The summed E-state index contributed by atoms with van der Waals surface area (Å²) in [5.74, 6) is -0.812. The van der Waals surface area contributed by atoms with Gasteiger partial charge in [-0.1, -0.05) is 18.2 Å². The van der Waals surface area contributed by atoms with Gasteiger partial charge in [-0.15, -0.1) is 0 Å². The number of ketones is 1. The Hall–Kier alpha value is -2.96. The molecule has 7 nitrogen and oxygen atoms in total. The third-order valence-electron chi connectivity index (χ3n) is 5.39. The van der Waals surface area contributed by atoms with Crippen molar-refractivity contribution in [3.63, 3.8) is 0 Å². The molecular formula is C22H28N2O5. The fourth-order valence-corrected chi connectivity index (χ4v) is 3.62. The van der Waals surface area contributed by atoms with Crippen molar-refractivity contribution in [2.45, 2.75) is 32.6 Å². The second-order valence-electron chi connectivity index (χ2n) is 7.44. The van der Waals surface area contributed by atoms with Gasteiger partial charge in [0.15, 0.2) is 5.78 Å². The van der Waals surface area contributed by atoms with Gasteiger partial charge < -0.3 is 9.64 Å². The summed E-state index contributed by atoms with van der Waals surface area (Å²) in [6.07, 6.45) is 5.57. The Morgan fingerprint density at radius 2 is 1.90 bits per heavy atom. The molecule has 0 heterocycles. The summed E-state index contributed by atoms with van der Waals surface area (Å²) in [5, 5.41) is 0. The maximum atomic E-state index is 13.4. The topological polar surface area (TPSA) is 84.0 Å². The molecule has 0 spiro atoms. The first kappa shape index (κ1) is 22.3. The molecule has 0 fully saturated rings. The Balaban J connectivity index is 2.29. The van der Waals surface area contributed by atoms with E-state index >= 15 is 0 Å². The average Bonchev–Trinajstić information content (AvgIpc) is 2.77. The average molecular weight is 400 g/mol. The van der Waals surface area contributed by atoms with Gasteiger partial charge in [0.25, 0.3) is 0 Å². The molecule has 0 radical (unpaired) electrons. The smallest absolute Gasteiger partial charge is 0.248 e. The van der Waals surface area contributed by atoms with E-state index in [-0.39, 0.29) is 12.3 Å². The highest BCUT2D eigenvalue weighted by Gasteiger charge is 2.47. The van der Waals surface area contributed by atoms with Gasteiger partial charge in [-0.25, -0.2) is 0 Å². The number of rotatable bonds is 8. The fourth-order valence-electron chi connectivity index (χ4n) is 3.62. The third kappa shape index (κ3) is 4.72. The van der Waals surface area contributed by atoms with E-state index in [1.165, 1.54) is 26.1 Å². The minimum absolute atomic E-state index is 0.188. The molecule has 156 valence electrons. The SMILES string of the molecule is COc1cccc(C(=O)CN(C)C(=O)C(C)(C(=O)N(C)C=O)C2=CCCCC2)c1. The number of hydrogen-bond donors (Lipinski definition) is 0. The van der Waals surface area contributed by atoms with Crippen molar-refractivity contribution in [2.75, 3.05) is 27.7 Å². The van der Waals surface area contributed by atoms with Crippen LogP contribution in [0.25, 0.3) is 0 Å². The molecule has 0 bridgehead atoms. The van der Waals surface area contributed by atoms with E-state index in [1.54, 1.807) is 31.2 Å². The van der Waals surface area contributed by atoms with E-state index in [1.807, 2.05) is 6.08 Å². The summed E-state index contributed by atoms with van der Waals surface area (Å²) in [5.41, 5.74) is -0.397. The first-order chi connectivity index (χ1) is 13.7. The molecule has 0 saturated heterocycles. The third-order valence-corrected chi connectivity index (χ3v) is 5.39. The number of carbonyl (C=O) groups excluding carboxylic acids is 4. The van der Waals surface area contributed by atoms with Gasteiger partial charge in [0.05, 0.1) is 13.7 Å². The number of nitrogens with zero attached hydrogens (tertiary/aromatic N) is 2. The van der Waals surface area contributed by atoms with Crippen LogP contribution in [0.1, 0.15) is 43.0 Å². The normalized spacial score (nSPS) is 15.5. The number of methoxy groups -OCH3 is 1. The molecule has 29 heavy (non-hydrogen) atoms. The number of Topliss-reactive ketones (excluding diaryl/α,β-unsaturated/α-hetero) is 1. The lowest BCUT2D eigenvalue weighted by molar-refractivity contribution is -0.152. The van der Waals surface area contributed by atoms with E-state index < -0.39 is 17.2 Å². The Kier molecular flexibility index (Phi) is 7.31. The summed E-state index contributed by atoms with van der Waals surface area (Å²) >= 11 is 0. The lowest BCUT2D eigenvalue weighted by Gasteiger charge is -2.36. The summed E-state index contributed by atoms with van der Waals surface area (Å²) in [6, 6.07) is 6.69. The van der Waals surface area contributed by atoms with Gasteiger partial charge in [-0.3, -0.25) is 24.1 Å². The lowest BCUT2D eigenvalue weighted by atomic mass is 9.74. The van der Waals surface area contributed by atoms with Crippen molar-refractivity contribution >= 4 is 24.0 Å². The molecule has 0 N–H and O–H groups in total. The molecule has 0 saturated carbocycles. The molecule has 1 atom stereocenters. The van der Waals surface area contributed by atoms with Crippen LogP contribution >= 0.6 is 0 Å². The van der Waals surface area contributed by atoms with E-state index in [4.69, 9.17) is 4.74 Å². The van der Waals surface area contributed by atoms with Crippen LogP contribution in [0.3, 0.4) is 0 Å². The molecule has 1 aliphatic carbocycles. The molecule has 3 amide bonds. The quantitative estimate of drug-likeness (QED) is 0.290. The zero-order valence-corrected chi connectivity index (χ0v) is 17.4. The summed E-state index contributed by atoms with van der Waals surface area (Å²) in [4.78, 5) is 52.4. The Labute approximate surface area is 171 Å². The first-order valence-corrected chi connectivity index (χ1v) is 9.60. The van der Waals surface area contributed by atoms with Crippen LogP contribution in [0.5, 0.6) is 5.75 Å². The van der Waals surface area contributed by atoms with Crippen LogP contribution in [0.15, 0.2) is 35.9 Å². The first-order valence-electron chi connectivity index (χ1n) is 9.60. The monoisotopic (exact) mass is 400 g/mol. The van der Waals surface area contributed by atoms with Crippen LogP contribution < -0.4 is 4.74 Å². The van der Waals surface area contributed by atoms with E-state index in [9.17, 15) is 19.2 Å². The summed E-state index contributed by atoms with van der Waals surface area (Å²) < 4.78 is 5.14. The van der Waals surface area contributed by atoms with Gasteiger partial charge in [0.2, 0.25) is 18.2 Å². The molecule has 1 aromatic rings. The second kappa shape index (κ2) is 9.49. The number of allylic oxidation sites excluding steroid dienone is 1. The zero-order valence-electron chi connectivity index (χ0n) is 17.4. The maximum absolute atomic E-state index is 13.4. The molecule has 1 unspecified atom stereocenters. The minimum Gasteiger partial charge on any atom is -0.497 e. The summed E-state index contributed by atoms with van der Waals surface area (Å²) in [6.45, 7) is 1.36. The van der Waals surface area contributed by atoms with Crippen molar-refractivity contribution in [3.05, 3.63) is 41.5 Å². The van der Waals surface area contributed by atoms with Crippen molar-refractivity contribution in [3.8, 4) is 5.75 Å². The van der Waals surface area contributed by atoms with Crippen molar-refractivity contribution in [2.24, 2.45) is 5.41 Å². The number of hydrogen-bond acceptors (Lipinski definition) is 5. The standard InChI is InChI=1S/C22H28N2O5/c1-22(21(28)24(3)15-25,17-10-6-5-7-11-17)20(27)23(2)14-19(26)16-9-8-12-18(13-16)29-4/h8-10,12-13,15H,5-7,11,14H2,1-4H3. The van der Waals surface area contributed by atoms with Gasteiger partial charge in [-0.2, -0.15) is 0 Å². The number of benzene rings is 1. The summed E-state index contributed by atoms with van der Waals surface area (Å²) in [7, 11) is 4.35. The van der Waals surface area contributed by atoms with Crippen molar-refractivity contribution in [1.29, 1.82) is 0 Å². The largest absolute Gasteiger partial charge is 0.497 e. The predicted molar refractivity (Wildman–Crippen MR) is 108 cm³/mol. The zero-order chi connectivity index (χ0) is 21.6. The van der Waals surface area contributed by atoms with E-state index in [0.717, 1.165) is 24.2 Å². The van der Waals surface area contributed by atoms with Crippen molar-refractivity contribution in [1.82, 2.24) is 9.80 Å². The van der Waals surface area contributed by atoms with Gasteiger partial charge >= 0.3 is 0 Å². The number of amides is 3. The highest BCUT2D eigenvalue weighted by Crippen LogP contribution is 2.37. The van der Waals surface area contributed by atoms with Gasteiger partial charge in [0.1, 0.15) is 11.2 Å². The van der Waals surface area contributed by atoms with Gasteiger partial charge in [-0.05, 0) is 50.3 Å². The fraction of sp³-hybridized carbons (Fsp3) is 0.455. The Bertz CT molecular complexity index is 832. The van der Waals surface area contributed by atoms with Crippen LogP contribution in [0, 0.1) is 5.41 Å². The molecule has 0 aliphatic heterocycles. The van der Waals surface area contributed by atoms with E-state index in [2.05, 4.69) is 0 Å². The van der Waals surface area contributed by atoms with Crippen LogP contribution in [0.2, 0.25) is 0 Å². The van der Waals surface area contributed by atoms with E-state index in [0.29, 0.717) is 29.7 Å². The number of imide groups is 1. The number of likely N-dealkylation sites (N-methyl/N-ethyl adjacent to an activating group) is 1. The van der Waals surface area contributed by atoms with Crippen LogP contribution in [-0.2, 0) is 14.4 Å². The Morgan fingerprint density at radius 3 is 2.48 bits per heavy atom. The van der Waals surface area contributed by atoms with Crippen molar-refractivity contribution < 1.29 is 23.9 Å². The molecule has 0 aromatic heterocycles. The second-order valence-corrected chi connectivity index (χ2v) is 7.44. The molecule has 1 aromatic carbocycles. The maximum Gasteiger partial charge on any atom is 0.248 e. The minimum atomic E-state index is -1.51. The number of carbonyl (C=O) groups is 4. The predicted octanol–water partition coefficient (Wildman–Crippen LogP) is 2.46. The lowest BCUT2D eigenvalue weighted by Crippen LogP contribution is -2.52. The van der Waals surface area contributed by atoms with Gasteiger partial charge in [0, 0.05) is 19.7 Å². The Morgan fingerprint density at radius 1 is 1.17 bits per heavy atom. The molecule has 1 aliphatic rings. The highest BCUT2D eigenvalue weighted by atomic mass is 16.5. The molecular weight excluding hydrogens is 372 g/mol. The molecule has 2 rings (SSSR count).